The summed E-state index contributed by atoms with van der Waals surface area (Å²) in [5.74, 6) is 1.16. The van der Waals surface area contributed by atoms with Crippen LogP contribution in [0, 0.1) is 5.21 Å². The molecule has 1 aromatic heterocycles. The van der Waals surface area contributed by atoms with Crippen LogP contribution in [0.4, 0.5) is 13.2 Å². The minimum Gasteiger partial charge on any atom is -0.784 e. The number of aromatic nitrogens is 2. The highest BCUT2D eigenvalue weighted by Crippen LogP contribution is 2.31. The highest BCUT2D eigenvalue weighted by atomic mass is 19.4. The van der Waals surface area contributed by atoms with Crippen molar-refractivity contribution in [1.29, 1.82) is 0 Å². The van der Waals surface area contributed by atoms with E-state index in [2.05, 4.69) is 17.1 Å². The summed E-state index contributed by atoms with van der Waals surface area (Å²) in [6.07, 6.45) is 7.77. The Hall–Kier alpha value is -2.71. The van der Waals surface area contributed by atoms with Crippen molar-refractivity contribution in [3.63, 3.8) is 0 Å². The van der Waals surface area contributed by atoms with Gasteiger partial charge in [0.1, 0.15) is 0 Å². The summed E-state index contributed by atoms with van der Waals surface area (Å²) in [4.78, 5) is 4.50. The molecule has 37 heavy (non-hydrogen) atoms. The average Bonchev–Trinajstić information content (AvgIpc) is 3.36. The third kappa shape index (κ3) is 9.27. The third-order valence-corrected chi connectivity index (χ3v) is 6.66. The molecule has 2 aromatic carbocycles. The van der Waals surface area contributed by atoms with Gasteiger partial charge in [0.25, 0.3) is 5.89 Å². The van der Waals surface area contributed by atoms with E-state index in [0.717, 1.165) is 41.2 Å². The molecule has 8 heteroatoms. The monoisotopic (exact) mass is 516 g/mol. The minimum absolute atomic E-state index is 0.107. The summed E-state index contributed by atoms with van der Waals surface area (Å²) in [6.45, 7) is 4.02. The molecule has 0 saturated carbocycles. The second-order valence-electron chi connectivity index (χ2n) is 9.66. The van der Waals surface area contributed by atoms with Gasteiger partial charge in [0, 0.05) is 24.6 Å². The van der Waals surface area contributed by atoms with Crippen molar-refractivity contribution < 1.29 is 17.7 Å². The van der Waals surface area contributed by atoms with Crippen LogP contribution in [0.25, 0.3) is 11.5 Å². The van der Waals surface area contributed by atoms with E-state index in [1.165, 1.54) is 63.5 Å². The zero-order chi connectivity index (χ0) is 26.7. The molecular formula is C29H37F3N3O2-. The molecule has 3 rings (SSSR count). The first kappa shape index (κ1) is 28.9. The zero-order valence-corrected chi connectivity index (χ0v) is 21.8. The van der Waals surface area contributed by atoms with E-state index in [0.29, 0.717) is 17.3 Å². The highest BCUT2D eigenvalue weighted by Gasteiger charge is 2.30. The Balaban J connectivity index is 1.43. The molecule has 0 aliphatic carbocycles. The Labute approximate surface area is 217 Å². The maximum atomic E-state index is 12.8. The van der Waals surface area contributed by atoms with E-state index in [1.807, 2.05) is 24.3 Å². The predicted molar refractivity (Wildman–Crippen MR) is 139 cm³/mol. The van der Waals surface area contributed by atoms with E-state index in [-0.39, 0.29) is 6.54 Å². The van der Waals surface area contributed by atoms with Gasteiger partial charge in [-0.05, 0) is 48.7 Å². The van der Waals surface area contributed by atoms with Crippen LogP contribution in [-0.2, 0) is 19.1 Å². The molecule has 1 heterocycles. The van der Waals surface area contributed by atoms with Gasteiger partial charge in [0.15, 0.2) is 5.82 Å². The molecule has 0 N–H and O–H groups in total. The average molecular weight is 517 g/mol. The van der Waals surface area contributed by atoms with Crippen molar-refractivity contribution in [3.05, 3.63) is 76.3 Å². The van der Waals surface area contributed by atoms with Gasteiger partial charge in [-0.2, -0.15) is 18.2 Å². The molecule has 0 radical (unpaired) electrons. The van der Waals surface area contributed by atoms with Crippen LogP contribution in [0.15, 0.2) is 53.1 Å². The molecule has 1 atom stereocenters. The molecule has 0 saturated heterocycles. The van der Waals surface area contributed by atoms with Gasteiger partial charge in [-0.25, -0.2) is 0 Å². The first-order chi connectivity index (χ1) is 17.8. The second kappa shape index (κ2) is 14.3. The van der Waals surface area contributed by atoms with Crippen LogP contribution in [0.2, 0.25) is 0 Å². The SMILES string of the molecule is CCCCCCCCCCCc1noc(-c2ccc(CN([O-])C(C)c3ccc(C(F)(F)F)cc3)cc2)n1. The Bertz CT molecular complexity index is 1050. The Morgan fingerprint density at radius 2 is 1.46 bits per heavy atom. The summed E-state index contributed by atoms with van der Waals surface area (Å²) < 4.78 is 43.7. The number of alkyl halides is 3. The maximum Gasteiger partial charge on any atom is 0.416 e. The number of hydroxylamine groups is 2. The van der Waals surface area contributed by atoms with Gasteiger partial charge >= 0.3 is 6.18 Å². The van der Waals surface area contributed by atoms with E-state index < -0.39 is 17.8 Å². The summed E-state index contributed by atoms with van der Waals surface area (Å²) in [5, 5.41) is 17.6. The van der Waals surface area contributed by atoms with Gasteiger partial charge in [0.2, 0.25) is 0 Å². The molecule has 3 aromatic rings. The van der Waals surface area contributed by atoms with Crippen molar-refractivity contribution in [2.75, 3.05) is 0 Å². The van der Waals surface area contributed by atoms with Crippen molar-refractivity contribution in [3.8, 4) is 11.5 Å². The number of hydrogen-bond acceptors (Lipinski definition) is 5. The number of halogens is 3. The van der Waals surface area contributed by atoms with E-state index >= 15 is 0 Å². The smallest absolute Gasteiger partial charge is 0.416 e. The summed E-state index contributed by atoms with van der Waals surface area (Å²) in [7, 11) is 0. The number of unbranched alkanes of at least 4 members (excludes halogenated alkanes) is 8. The molecular weight excluding hydrogens is 479 g/mol. The molecule has 1 unspecified atom stereocenters. The summed E-state index contributed by atoms with van der Waals surface area (Å²) in [6, 6.07) is 11.4. The fourth-order valence-electron chi connectivity index (χ4n) is 4.25. The van der Waals surface area contributed by atoms with Crippen molar-refractivity contribution in [1.82, 2.24) is 15.2 Å². The molecule has 202 valence electrons. The van der Waals surface area contributed by atoms with Gasteiger partial charge in [0.05, 0.1) is 5.56 Å². The summed E-state index contributed by atoms with van der Waals surface area (Å²) >= 11 is 0. The van der Waals surface area contributed by atoms with E-state index in [1.54, 1.807) is 6.92 Å². The van der Waals surface area contributed by atoms with E-state index in [9.17, 15) is 18.4 Å². The number of hydrogen-bond donors (Lipinski definition) is 0. The Morgan fingerprint density at radius 1 is 0.865 bits per heavy atom. The predicted octanol–water partition coefficient (Wildman–Crippen LogP) is 8.89. The molecule has 0 bridgehead atoms. The van der Waals surface area contributed by atoms with Crippen molar-refractivity contribution in [2.45, 2.75) is 96.8 Å². The molecule has 0 fully saturated rings. The fraction of sp³-hybridized carbons (Fsp3) is 0.517. The normalized spacial score (nSPS) is 12.8. The summed E-state index contributed by atoms with van der Waals surface area (Å²) in [5.41, 5.74) is 1.37. The first-order valence-corrected chi connectivity index (χ1v) is 13.3. The lowest BCUT2D eigenvalue weighted by Crippen LogP contribution is -2.20. The number of benzene rings is 2. The van der Waals surface area contributed by atoms with Crippen molar-refractivity contribution in [2.24, 2.45) is 0 Å². The fourth-order valence-corrected chi connectivity index (χ4v) is 4.25. The maximum absolute atomic E-state index is 12.8. The van der Waals surface area contributed by atoms with E-state index in [4.69, 9.17) is 4.52 Å². The highest BCUT2D eigenvalue weighted by molar-refractivity contribution is 5.53. The largest absolute Gasteiger partial charge is 0.784 e. The lowest BCUT2D eigenvalue weighted by Gasteiger charge is -2.35. The zero-order valence-electron chi connectivity index (χ0n) is 21.8. The Morgan fingerprint density at radius 3 is 2.05 bits per heavy atom. The third-order valence-electron chi connectivity index (χ3n) is 6.66. The number of rotatable bonds is 15. The topological polar surface area (TPSA) is 65.2 Å². The van der Waals surface area contributed by atoms with Gasteiger partial charge in [-0.15, -0.1) is 0 Å². The minimum atomic E-state index is -4.40. The van der Waals surface area contributed by atoms with Gasteiger partial charge in [-0.3, -0.25) is 0 Å². The van der Waals surface area contributed by atoms with Crippen LogP contribution in [0.1, 0.15) is 100 Å². The lowest BCUT2D eigenvalue weighted by molar-refractivity contribution is -0.137. The van der Waals surface area contributed by atoms with Crippen LogP contribution < -0.4 is 0 Å². The molecule has 0 amide bonds. The second-order valence-corrected chi connectivity index (χ2v) is 9.66. The molecule has 0 spiro atoms. The molecule has 0 aliphatic heterocycles. The van der Waals surface area contributed by atoms with Gasteiger partial charge in [-0.1, -0.05) is 87.7 Å². The van der Waals surface area contributed by atoms with Crippen LogP contribution in [0.3, 0.4) is 0 Å². The number of aryl methyl sites for hydroxylation is 1. The molecule has 0 aliphatic rings. The van der Waals surface area contributed by atoms with Crippen LogP contribution in [-0.4, -0.2) is 15.2 Å². The van der Waals surface area contributed by atoms with Gasteiger partial charge < -0.3 is 14.8 Å². The standard InChI is InChI=1S/C29H37F3N3O2/c1-3-4-5-6-7-8-9-10-11-12-27-33-28(37-34-27)25-15-13-23(14-16-25)21-35(36)22(2)24-17-19-26(20-18-24)29(30,31)32/h13-20,22H,3-12,21H2,1-2H3/q-1. The molecule has 5 nitrogen and oxygen atoms in total. The number of nitrogens with zero attached hydrogens (tertiary/aromatic N) is 3. The lowest BCUT2D eigenvalue weighted by atomic mass is 10.0. The first-order valence-electron chi connectivity index (χ1n) is 13.3. The van der Waals surface area contributed by atoms with Crippen LogP contribution >= 0.6 is 0 Å². The Kier molecular flexibility index (Phi) is 11.1. The van der Waals surface area contributed by atoms with Crippen molar-refractivity contribution >= 4 is 0 Å². The quantitative estimate of drug-likeness (QED) is 0.149. The van der Waals surface area contributed by atoms with Crippen LogP contribution in [0.5, 0.6) is 0 Å².